The van der Waals surface area contributed by atoms with Crippen molar-refractivity contribution in [2.24, 2.45) is 5.92 Å². The largest absolute Gasteiger partial charge is 0.345 e. The summed E-state index contributed by atoms with van der Waals surface area (Å²) in [4.78, 5) is 18.5. The van der Waals surface area contributed by atoms with Crippen LogP contribution in [0.3, 0.4) is 0 Å². The zero-order valence-electron chi connectivity index (χ0n) is 14.9. The highest BCUT2D eigenvalue weighted by Gasteiger charge is 2.25. The molecule has 0 atom stereocenters. The van der Waals surface area contributed by atoms with Crippen LogP contribution in [0.25, 0.3) is 0 Å². The zero-order valence-corrected chi connectivity index (χ0v) is 15.7. The fraction of sp³-hybridized carbons (Fsp3) is 0.286. The summed E-state index contributed by atoms with van der Waals surface area (Å²) in [5, 5.41) is 12.8. The number of nitriles is 1. The molecule has 0 aliphatic carbocycles. The summed E-state index contributed by atoms with van der Waals surface area (Å²) in [7, 11) is 0. The first-order valence-electron chi connectivity index (χ1n) is 8.97. The summed E-state index contributed by atoms with van der Waals surface area (Å²) < 4.78 is 0. The summed E-state index contributed by atoms with van der Waals surface area (Å²) >= 11 is 5.91. The van der Waals surface area contributed by atoms with Gasteiger partial charge in [0.25, 0.3) is 5.91 Å². The Kier molecular flexibility index (Phi) is 6.45. The van der Waals surface area contributed by atoms with Crippen LogP contribution in [0.2, 0.25) is 5.02 Å². The van der Waals surface area contributed by atoms with Gasteiger partial charge in [0.1, 0.15) is 17.5 Å². The van der Waals surface area contributed by atoms with Gasteiger partial charge in [0.2, 0.25) is 0 Å². The number of nitrogens with one attached hydrogen (secondary N) is 1. The molecule has 0 bridgehead atoms. The first kappa shape index (κ1) is 18.9. The van der Waals surface area contributed by atoms with Gasteiger partial charge in [-0.1, -0.05) is 41.9 Å². The van der Waals surface area contributed by atoms with Crippen molar-refractivity contribution in [3.63, 3.8) is 0 Å². The maximum absolute atomic E-state index is 12.6. The number of halogens is 1. The molecule has 1 aliphatic rings. The van der Waals surface area contributed by atoms with Crippen LogP contribution >= 0.6 is 11.6 Å². The molecular formula is C21H21ClN4O. The molecular weight excluding hydrogens is 360 g/mol. The molecule has 3 rings (SSSR count). The second-order valence-electron chi connectivity index (χ2n) is 6.60. The smallest absolute Gasteiger partial charge is 0.266 e. The van der Waals surface area contributed by atoms with Gasteiger partial charge in [0.15, 0.2) is 0 Å². The molecule has 0 saturated carbocycles. The molecule has 1 aromatic heterocycles. The van der Waals surface area contributed by atoms with Crippen LogP contribution in [-0.4, -0.2) is 28.9 Å². The number of hydrogen-bond donors (Lipinski definition) is 1. The minimum Gasteiger partial charge on any atom is -0.345 e. The van der Waals surface area contributed by atoms with Crippen molar-refractivity contribution in [2.75, 3.05) is 18.4 Å². The van der Waals surface area contributed by atoms with E-state index in [4.69, 9.17) is 11.6 Å². The number of amides is 1. The Balaban J connectivity index is 1.55. The van der Waals surface area contributed by atoms with Crippen LogP contribution in [0.1, 0.15) is 18.4 Å². The topological polar surface area (TPSA) is 69.0 Å². The second-order valence-corrected chi connectivity index (χ2v) is 7.04. The third kappa shape index (κ3) is 5.32. The highest BCUT2D eigenvalue weighted by molar-refractivity contribution is 6.30. The first-order chi connectivity index (χ1) is 13.2. The van der Waals surface area contributed by atoms with Crippen molar-refractivity contribution in [1.82, 2.24) is 9.88 Å². The molecule has 1 amide bonds. The van der Waals surface area contributed by atoms with Crippen LogP contribution < -0.4 is 5.32 Å². The third-order valence-corrected chi connectivity index (χ3v) is 4.94. The Bertz CT molecular complexity index is 852. The van der Waals surface area contributed by atoms with Crippen molar-refractivity contribution in [2.45, 2.75) is 19.3 Å². The lowest BCUT2D eigenvalue weighted by molar-refractivity contribution is -0.128. The molecule has 0 spiro atoms. The summed E-state index contributed by atoms with van der Waals surface area (Å²) in [6, 6.07) is 15.7. The lowest BCUT2D eigenvalue weighted by atomic mass is 9.90. The summed E-state index contributed by atoms with van der Waals surface area (Å²) in [5.74, 6) is 0.814. The van der Waals surface area contributed by atoms with Gasteiger partial charge in [-0.15, -0.1) is 0 Å². The fourth-order valence-electron chi connectivity index (χ4n) is 3.23. The number of pyridine rings is 1. The van der Waals surface area contributed by atoms with Gasteiger partial charge in [0, 0.05) is 30.5 Å². The van der Waals surface area contributed by atoms with E-state index in [1.54, 1.807) is 23.2 Å². The summed E-state index contributed by atoms with van der Waals surface area (Å²) in [6.07, 6.45) is 5.89. The molecule has 2 heterocycles. The van der Waals surface area contributed by atoms with E-state index in [0.717, 1.165) is 19.3 Å². The molecule has 0 radical (unpaired) electrons. The number of benzene rings is 1. The molecule has 1 N–H and O–H groups in total. The number of carbonyl (C=O) groups excluding carboxylic acids is 1. The SMILES string of the molecule is N#C/C(=C/Nc1cc(Cl)ccn1)C(=O)N1CCC(Cc2ccccc2)CC1. The molecule has 0 unspecified atom stereocenters. The van der Waals surface area contributed by atoms with E-state index in [9.17, 15) is 10.1 Å². The first-order valence-corrected chi connectivity index (χ1v) is 9.35. The molecule has 1 aliphatic heterocycles. The Hall–Kier alpha value is -2.84. The highest BCUT2D eigenvalue weighted by Crippen LogP contribution is 2.22. The minimum absolute atomic E-state index is 0.0679. The third-order valence-electron chi connectivity index (χ3n) is 4.71. The highest BCUT2D eigenvalue weighted by atomic mass is 35.5. The molecule has 5 nitrogen and oxygen atoms in total. The number of carbonyl (C=O) groups is 1. The van der Waals surface area contributed by atoms with Crippen molar-refractivity contribution in [3.8, 4) is 6.07 Å². The molecule has 27 heavy (non-hydrogen) atoms. The van der Waals surface area contributed by atoms with E-state index in [0.29, 0.717) is 29.8 Å². The van der Waals surface area contributed by atoms with E-state index < -0.39 is 0 Å². The molecule has 138 valence electrons. The van der Waals surface area contributed by atoms with Gasteiger partial charge in [-0.05, 0) is 42.9 Å². The number of nitrogens with zero attached hydrogens (tertiary/aromatic N) is 3. The fourth-order valence-corrected chi connectivity index (χ4v) is 3.39. The van der Waals surface area contributed by atoms with Crippen LogP contribution in [0.5, 0.6) is 0 Å². The number of piperidine rings is 1. The van der Waals surface area contributed by atoms with E-state index in [1.807, 2.05) is 12.1 Å². The van der Waals surface area contributed by atoms with Gasteiger partial charge in [-0.3, -0.25) is 4.79 Å². The molecule has 2 aromatic rings. The van der Waals surface area contributed by atoms with Crippen LogP contribution in [0.4, 0.5) is 5.82 Å². The van der Waals surface area contributed by atoms with Crippen LogP contribution in [-0.2, 0) is 11.2 Å². The molecule has 6 heteroatoms. The number of anilines is 1. The van der Waals surface area contributed by atoms with Crippen LogP contribution in [0.15, 0.2) is 60.4 Å². The quantitative estimate of drug-likeness (QED) is 0.628. The zero-order chi connectivity index (χ0) is 19.1. The summed E-state index contributed by atoms with van der Waals surface area (Å²) in [6.45, 7) is 1.34. The molecule has 1 saturated heterocycles. The van der Waals surface area contributed by atoms with E-state index in [-0.39, 0.29) is 11.5 Å². The van der Waals surface area contributed by atoms with Crippen LogP contribution in [0, 0.1) is 17.2 Å². The van der Waals surface area contributed by atoms with E-state index in [1.165, 1.54) is 11.8 Å². The minimum atomic E-state index is -0.245. The average molecular weight is 381 g/mol. The van der Waals surface area contributed by atoms with Gasteiger partial charge in [0.05, 0.1) is 0 Å². The number of rotatable bonds is 5. The maximum atomic E-state index is 12.6. The van der Waals surface area contributed by atoms with Crippen molar-refractivity contribution >= 4 is 23.3 Å². The summed E-state index contributed by atoms with van der Waals surface area (Å²) in [5.41, 5.74) is 1.40. The van der Waals surface area contributed by atoms with Gasteiger partial charge >= 0.3 is 0 Å². The lowest BCUT2D eigenvalue weighted by Gasteiger charge is -2.32. The predicted octanol–water partition coefficient (Wildman–Crippen LogP) is 4.04. The Labute approximate surface area is 164 Å². The number of likely N-dealkylation sites (tertiary alicyclic amines) is 1. The van der Waals surface area contributed by atoms with Gasteiger partial charge in [-0.25, -0.2) is 4.98 Å². The molecule has 1 aromatic carbocycles. The standard InChI is InChI=1S/C21H21ClN4O/c22-19-6-9-24-20(13-19)25-15-18(14-23)21(27)26-10-7-17(8-11-26)12-16-4-2-1-3-5-16/h1-6,9,13,15,17H,7-8,10-12H2,(H,24,25)/b18-15-. The van der Waals surface area contributed by atoms with Crippen molar-refractivity contribution in [1.29, 1.82) is 5.26 Å². The Morgan fingerprint density at radius 2 is 2.04 bits per heavy atom. The van der Waals surface area contributed by atoms with Crippen molar-refractivity contribution < 1.29 is 4.79 Å². The normalized spacial score (nSPS) is 15.3. The Morgan fingerprint density at radius 3 is 2.70 bits per heavy atom. The molecule has 1 fully saturated rings. The van der Waals surface area contributed by atoms with Crippen molar-refractivity contribution in [3.05, 3.63) is 71.0 Å². The lowest BCUT2D eigenvalue weighted by Crippen LogP contribution is -2.39. The van der Waals surface area contributed by atoms with E-state index >= 15 is 0 Å². The number of hydrogen-bond acceptors (Lipinski definition) is 4. The predicted molar refractivity (Wildman–Crippen MR) is 106 cm³/mol. The average Bonchev–Trinajstić information content (AvgIpc) is 2.70. The van der Waals surface area contributed by atoms with E-state index in [2.05, 4.69) is 34.6 Å². The van der Waals surface area contributed by atoms with Gasteiger partial charge < -0.3 is 10.2 Å². The maximum Gasteiger partial charge on any atom is 0.266 e. The Morgan fingerprint density at radius 1 is 1.30 bits per heavy atom. The monoisotopic (exact) mass is 380 g/mol. The van der Waals surface area contributed by atoms with Gasteiger partial charge in [-0.2, -0.15) is 5.26 Å². The second kappa shape index (κ2) is 9.20. The number of aromatic nitrogens is 1.